The molecule has 29 heavy (non-hydrogen) atoms. The molecule has 3 heterocycles. The van der Waals surface area contributed by atoms with Gasteiger partial charge >= 0.3 is 0 Å². The van der Waals surface area contributed by atoms with Gasteiger partial charge in [-0.15, -0.1) is 0 Å². The minimum Gasteiger partial charge on any atom is -0.504 e. The highest BCUT2D eigenvalue weighted by Crippen LogP contribution is 2.48. The van der Waals surface area contributed by atoms with Crippen LogP contribution in [0, 0.1) is 0 Å². The minimum absolute atomic E-state index is 0.00888. The number of methoxy groups -OCH3 is 1. The molecule has 0 saturated carbocycles. The van der Waals surface area contributed by atoms with Crippen LogP contribution in [0.3, 0.4) is 0 Å². The summed E-state index contributed by atoms with van der Waals surface area (Å²) in [6.07, 6.45) is 3.81. The molecule has 0 spiro atoms. The van der Waals surface area contributed by atoms with Crippen LogP contribution in [0.2, 0.25) is 5.02 Å². The van der Waals surface area contributed by atoms with Crippen molar-refractivity contribution in [1.29, 1.82) is 0 Å². The molecule has 2 atom stereocenters. The average Bonchev–Trinajstić information content (AvgIpc) is 3.20. The molecule has 0 amide bonds. The Morgan fingerprint density at radius 2 is 1.97 bits per heavy atom. The molecule has 1 N–H and O–H groups in total. The molecule has 5 rings (SSSR count). The number of pyridine rings is 1. The molecule has 2 unspecified atom stereocenters. The van der Waals surface area contributed by atoms with E-state index in [1.165, 1.54) is 7.11 Å². The predicted molar refractivity (Wildman–Crippen MR) is 109 cm³/mol. The lowest BCUT2D eigenvalue weighted by molar-refractivity contribution is -0.0190. The maximum absolute atomic E-state index is 9.92. The molecule has 2 aromatic carbocycles. The number of phenols is 1. The van der Waals surface area contributed by atoms with Crippen LogP contribution in [0.5, 0.6) is 17.2 Å². The summed E-state index contributed by atoms with van der Waals surface area (Å²) in [4.78, 5) is 4.11. The van der Waals surface area contributed by atoms with E-state index in [0.717, 1.165) is 28.2 Å². The van der Waals surface area contributed by atoms with Gasteiger partial charge in [0.2, 0.25) is 6.23 Å². The molecule has 1 aromatic heterocycles. The fraction of sp³-hybridized carbons (Fsp3) is 0.182. The highest BCUT2D eigenvalue weighted by Gasteiger charge is 2.41. The summed E-state index contributed by atoms with van der Waals surface area (Å²) in [7, 11) is 1.53. The van der Waals surface area contributed by atoms with Crippen LogP contribution in [0.4, 0.5) is 0 Å². The lowest BCUT2D eigenvalue weighted by atomic mass is 9.96. The van der Waals surface area contributed by atoms with Gasteiger partial charge < -0.3 is 14.6 Å². The van der Waals surface area contributed by atoms with Crippen molar-refractivity contribution < 1.29 is 14.6 Å². The van der Waals surface area contributed by atoms with E-state index in [9.17, 15) is 5.11 Å². The second-order valence-electron chi connectivity index (χ2n) is 6.97. The molecule has 0 bridgehead atoms. The molecule has 0 fully saturated rings. The zero-order valence-corrected chi connectivity index (χ0v) is 16.4. The number of aromatic nitrogens is 1. The molecule has 3 aromatic rings. The lowest BCUT2D eigenvalue weighted by Gasteiger charge is -2.38. The summed E-state index contributed by atoms with van der Waals surface area (Å²) in [5.74, 6) is 1.32. The highest BCUT2D eigenvalue weighted by molar-refractivity contribution is 6.30. The first-order chi connectivity index (χ1) is 14.1. The standard InChI is InChI=1S/C22H18ClN3O3/c1-28-21-10-14(2-4-19(21)27)17-12-18-16-11-15(23)3-5-20(16)29-22(26(18)25-17)13-6-8-24-9-7-13/h2-11,18,22,27H,12H2,1H3. The van der Waals surface area contributed by atoms with Crippen molar-refractivity contribution in [3.63, 3.8) is 0 Å². The van der Waals surface area contributed by atoms with Gasteiger partial charge in [0.15, 0.2) is 11.5 Å². The molecule has 0 saturated heterocycles. The Kier molecular flexibility index (Phi) is 4.28. The van der Waals surface area contributed by atoms with Crippen LogP contribution >= 0.6 is 11.6 Å². The van der Waals surface area contributed by atoms with Gasteiger partial charge in [0, 0.05) is 40.5 Å². The highest BCUT2D eigenvalue weighted by atomic mass is 35.5. The Morgan fingerprint density at radius 1 is 1.14 bits per heavy atom. The molecule has 0 radical (unpaired) electrons. The summed E-state index contributed by atoms with van der Waals surface area (Å²) in [6, 6.07) is 14.8. The third kappa shape index (κ3) is 3.06. The van der Waals surface area contributed by atoms with E-state index in [1.54, 1.807) is 24.5 Å². The summed E-state index contributed by atoms with van der Waals surface area (Å²) in [5, 5.41) is 17.5. The first-order valence-electron chi connectivity index (χ1n) is 9.23. The first-order valence-corrected chi connectivity index (χ1v) is 9.61. The van der Waals surface area contributed by atoms with E-state index < -0.39 is 0 Å². The predicted octanol–water partition coefficient (Wildman–Crippen LogP) is 4.69. The monoisotopic (exact) mass is 407 g/mol. The van der Waals surface area contributed by atoms with Crippen LogP contribution in [0.1, 0.15) is 35.4 Å². The summed E-state index contributed by atoms with van der Waals surface area (Å²) < 4.78 is 11.6. The van der Waals surface area contributed by atoms with Crippen molar-refractivity contribution in [2.24, 2.45) is 5.10 Å². The third-order valence-electron chi connectivity index (χ3n) is 5.26. The zero-order chi connectivity index (χ0) is 20.0. The third-order valence-corrected chi connectivity index (χ3v) is 5.49. The number of halogens is 1. The van der Waals surface area contributed by atoms with Crippen LogP contribution in [0.15, 0.2) is 66.0 Å². The Hall–Kier alpha value is -3.25. The molecule has 7 heteroatoms. The SMILES string of the molecule is COc1cc(C2=NN3C(C2)c2cc(Cl)ccc2OC3c2ccncc2)ccc1O. The normalized spacial score (nSPS) is 19.8. The van der Waals surface area contributed by atoms with Crippen molar-refractivity contribution in [1.82, 2.24) is 9.99 Å². The number of nitrogens with zero attached hydrogens (tertiary/aromatic N) is 3. The van der Waals surface area contributed by atoms with Gasteiger partial charge in [-0.05, 0) is 48.5 Å². The van der Waals surface area contributed by atoms with Gasteiger partial charge in [-0.2, -0.15) is 5.10 Å². The maximum atomic E-state index is 9.92. The fourth-order valence-corrected chi connectivity index (χ4v) is 4.02. The smallest absolute Gasteiger partial charge is 0.213 e. The van der Waals surface area contributed by atoms with Crippen LogP contribution < -0.4 is 9.47 Å². The number of hydrogen-bond donors (Lipinski definition) is 1. The Labute approximate surface area is 173 Å². The van der Waals surface area contributed by atoms with Gasteiger partial charge in [0.05, 0.1) is 18.9 Å². The van der Waals surface area contributed by atoms with E-state index in [-0.39, 0.29) is 18.0 Å². The van der Waals surface area contributed by atoms with E-state index in [0.29, 0.717) is 17.2 Å². The average molecular weight is 408 g/mol. The zero-order valence-electron chi connectivity index (χ0n) is 15.6. The van der Waals surface area contributed by atoms with Crippen molar-refractivity contribution in [2.45, 2.75) is 18.7 Å². The van der Waals surface area contributed by atoms with Crippen molar-refractivity contribution in [3.05, 3.63) is 82.6 Å². The molecule has 2 aliphatic rings. The largest absolute Gasteiger partial charge is 0.504 e. The van der Waals surface area contributed by atoms with E-state index in [1.807, 2.05) is 41.4 Å². The summed E-state index contributed by atoms with van der Waals surface area (Å²) in [6.45, 7) is 0. The van der Waals surface area contributed by atoms with Crippen molar-refractivity contribution >= 4 is 17.3 Å². The van der Waals surface area contributed by atoms with E-state index in [2.05, 4.69) is 4.98 Å². The van der Waals surface area contributed by atoms with Crippen molar-refractivity contribution in [3.8, 4) is 17.2 Å². The molecular formula is C22H18ClN3O3. The topological polar surface area (TPSA) is 67.2 Å². The number of aromatic hydroxyl groups is 1. The van der Waals surface area contributed by atoms with Crippen molar-refractivity contribution in [2.75, 3.05) is 7.11 Å². The van der Waals surface area contributed by atoms with E-state index in [4.69, 9.17) is 26.2 Å². The number of benzene rings is 2. The van der Waals surface area contributed by atoms with Crippen LogP contribution in [0.25, 0.3) is 0 Å². The molecule has 2 aliphatic heterocycles. The second-order valence-corrected chi connectivity index (χ2v) is 7.40. The molecular weight excluding hydrogens is 390 g/mol. The quantitative estimate of drug-likeness (QED) is 0.682. The Morgan fingerprint density at radius 3 is 2.76 bits per heavy atom. The number of ether oxygens (including phenoxy) is 2. The fourth-order valence-electron chi connectivity index (χ4n) is 3.84. The second kappa shape index (κ2) is 6.97. The first kappa shape index (κ1) is 17.8. The number of hydrogen-bond acceptors (Lipinski definition) is 6. The Balaban J connectivity index is 1.60. The number of fused-ring (bicyclic) bond motifs is 3. The van der Waals surface area contributed by atoms with Crippen LogP contribution in [-0.2, 0) is 0 Å². The lowest BCUT2D eigenvalue weighted by Crippen LogP contribution is -2.33. The van der Waals surface area contributed by atoms with Gasteiger partial charge in [0.1, 0.15) is 5.75 Å². The molecule has 146 valence electrons. The van der Waals surface area contributed by atoms with Crippen LogP contribution in [-0.4, -0.2) is 27.9 Å². The maximum Gasteiger partial charge on any atom is 0.213 e. The van der Waals surface area contributed by atoms with Gasteiger partial charge in [-0.3, -0.25) is 4.98 Å². The van der Waals surface area contributed by atoms with Gasteiger partial charge in [-0.25, -0.2) is 5.01 Å². The number of phenolic OH excluding ortho intramolecular Hbond substituents is 1. The van der Waals surface area contributed by atoms with E-state index >= 15 is 0 Å². The molecule has 0 aliphatic carbocycles. The van der Waals surface area contributed by atoms with Gasteiger partial charge in [-0.1, -0.05) is 11.6 Å². The minimum atomic E-state index is -0.367. The number of rotatable bonds is 3. The summed E-state index contributed by atoms with van der Waals surface area (Å²) in [5.41, 5.74) is 3.76. The Bertz CT molecular complexity index is 1100. The summed E-state index contributed by atoms with van der Waals surface area (Å²) >= 11 is 6.27. The molecule has 6 nitrogen and oxygen atoms in total. The van der Waals surface area contributed by atoms with Gasteiger partial charge in [0.25, 0.3) is 0 Å². The number of hydrazone groups is 1.